The Morgan fingerprint density at radius 1 is 1.24 bits per heavy atom. The predicted octanol–water partition coefficient (Wildman–Crippen LogP) is 2.19. The highest BCUT2D eigenvalue weighted by Gasteiger charge is 2.27. The van der Waals surface area contributed by atoms with Gasteiger partial charge in [-0.25, -0.2) is 4.98 Å². The van der Waals surface area contributed by atoms with Gasteiger partial charge in [0.2, 0.25) is 0 Å². The van der Waals surface area contributed by atoms with E-state index >= 15 is 0 Å². The zero-order chi connectivity index (χ0) is 14.8. The molecule has 1 aromatic heterocycles. The lowest BCUT2D eigenvalue weighted by Gasteiger charge is -2.36. The molecule has 1 aliphatic heterocycles. The average molecular weight is 302 g/mol. The molecule has 1 aliphatic rings. The zero-order valence-corrected chi connectivity index (χ0v) is 13.4. The van der Waals surface area contributed by atoms with E-state index in [0.717, 1.165) is 25.3 Å². The summed E-state index contributed by atoms with van der Waals surface area (Å²) in [5.74, 6) is 0. The third kappa shape index (κ3) is 3.01. The zero-order valence-electron chi connectivity index (χ0n) is 12.6. The van der Waals surface area contributed by atoms with E-state index in [1.807, 2.05) is 6.07 Å². The van der Waals surface area contributed by atoms with Crippen LogP contribution in [0.2, 0.25) is 0 Å². The van der Waals surface area contributed by atoms with Crippen molar-refractivity contribution in [2.75, 3.05) is 33.7 Å². The highest BCUT2D eigenvalue weighted by atomic mass is 32.1. The monoisotopic (exact) mass is 302 g/mol. The van der Waals surface area contributed by atoms with E-state index in [9.17, 15) is 0 Å². The van der Waals surface area contributed by atoms with Crippen LogP contribution in [-0.4, -0.2) is 48.5 Å². The molecule has 5 heteroatoms. The Kier molecular flexibility index (Phi) is 4.35. The number of aromatic nitrogens is 1. The van der Waals surface area contributed by atoms with E-state index < -0.39 is 0 Å². The van der Waals surface area contributed by atoms with Gasteiger partial charge in [-0.1, -0.05) is 30.3 Å². The van der Waals surface area contributed by atoms with Crippen LogP contribution in [0.15, 0.2) is 30.3 Å². The molecule has 0 bridgehead atoms. The predicted molar refractivity (Wildman–Crippen MR) is 88.3 cm³/mol. The summed E-state index contributed by atoms with van der Waals surface area (Å²) in [6.07, 6.45) is 0. The van der Waals surface area contributed by atoms with Crippen LogP contribution in [0.1, 0.15) is 16.7 Å². The van der Waals surface area contributed by atoms with Crippen molar-refractivity contribution in [2.45, 2.75) is 12.6 Å². The van der Waals surface area contributed by atoms with Gasteiger partial charge in [-0.3, -0.25) is 4.90 Å². The van der Waals surface area contributed by atoms with Crippen molar-refractivity contribution in [1.82, 2.24) is 14.8 Å². The lowest BCUT2D eigenvalue weighted by molar-refractivity contribution is 0.115. The van der Waals surface area contributed by atoms with Crippen LogP contribution < -0.4 is 5.73 Å². The second kappa shape index (κ2) is 6.23. The van der Waals surface area contributed by atoms with Gasteiger partial charge in [0.15, 0.2) is 0 Å². The Labute approximate surface area is 130 Å². The molecule has 1 aromatic carbocycles. The minimum atomic E-state index is 0.372. The number of rotatable bonds is 3. The largest absolute Gasteiger partial charge is 0.325 e. The third-order valence-electron chi connectivity index (χ3n) is 4.08. The van der Waals surface area contributed by atoms with E-state index in [4.69, 9.17) is 10.7 Å². The fourth-order valence-corrected chi connectivity index (χ4v) is 4.00. The molecule has 1 fully saturated rings. The minimum Gasteiger partial charge on any atom is -0.325 e. The van der Waals surface area contributed by atoms with Gasteiger partial charge >= 0.3 is 0 Å². The molecule has 112 valence electrons. The normalized spacial score (nSPS) is 20.8. The van der Waals surface area contributed by atoms with Crippen molar-refractivity contribution in [3.63, 3.8) is 0 Å². The molecular weight excluding hydrogens is 280 g/mol. The first-order chi connectivity index (χ1) is 10.2. The van der Waals surface area contributed by atoms with Crippen LogP contribution in [0.4, 0.5) is 0 Å². The lowest BCUT2D eigenvalue weighted by Crippen LogP contribution is -2.44. The highest BCUT2D eigenvalue weighted by Crippen LogP contribution is 2.35. The van der Waals surface area contributed by atoms with Crippen LogP contribution >= 0.6 is 11.3 Å². The smallest absolute Gasteiger partial charge is 0.112 e. The topological polar surface area (TPSA) is 45.4 Å². The summed E-state index contributed by atoms with van der Waals surface area (Å²) in [4.78, 5) is 10.8. The number of thiazole rings is 1. The summed E-state index contributed by atoms with van der Waals surface area (Å²) < 4.78 is 0. The molecular formula is C16H22N4S. The van der Waals surface area contributed by atoms with Crippen LogP contribution in [0.3, 0.4) is 0 Å². The Morgan fingerprint density at radius 3 is 2.71 bits per heavy atom. The molecule has 0 amide bonds. The van der Waals surface area contributed by atoms with Crippen LogP contribution in [0.25, 0.3) is 10.4 Å². The number of nitrogens with two attached hydrogens (primary N) is 1. The Morgan fingerprint density at radius 2 is 2.00 bits per heavy atom. The van der Waals surface area contributed by atoms with Crippen molar-refractivity contribution >= 4 is 11.3 Å². The van der Waals surface area contributed by atoms with E-state index in [1.165, 1.54) is 15.4 Å². The summed E-state index contributed by atoms with van der Waals surface area (Å²) in [7, 11) is 4.36. The van der Waals surface area contributed by atoms with Crippen LogP contribution in [-0.2, 0) is 6.54 Å². The number of nitrogens with zero attached hydrogens (tertiary/aromatic N) is 3. The summed E-state index contributed by atoms with van der Waals surface area (Å²) in [6, 6.07) is 10.8. The first kappa shape index (κ1) is 14.7. The molecule has 21 heavy (non-hydrogen) atoms. The van der Waals surface area contributed by atoms with Crippen molar-refractivity contribution < 1.29 is 0 Å². The van der Waals surface area contributed by atoms with Crippen molar-refractivity contribution in [3.8, 4) is 10.4 Å². The number of benzene rings is 1. The van der Waals surface area contributed by atoms with Crippen molar-refractivity contribution in [3.05, 3.63) is 41.0 Å². The van der Waals surface area contributed by atoms with E-state index in [2.05, 4.69) is 48.2 Å². The molecule has 0 aliphatic carbocycles. The van der Waals surface area contributed by atoms with Gasteiger partial charge in [0, 0.05) is 26.2 Å². The van der Waals surface area contributed by atoms with Crippen LogP contribution in [0.5, 0.6) is 0 Å². The summed E-state index contributed by atoms with van der Waals surface area (Å²) >= 11 is 1.79. The van der Waals surface area contributed by atoms with Gasteiger partial charge in [0.25, 0.3) is 0 Å². The van der Waals surface area contributed by atoms with Gasteiger partial charge in [0.1, 0.15) is 5.01 Å². The summed E-state index contributed by atoms with van der Waals surface area (Å²) in [5, 5.41) is 1.18. The van der Waals surface area contributed by atoms with Gasteiger partial charge in [-0.15, -0.1) is 11.3 Å². The maximum Gasteiger partial charge on any atom is 0.112 e. The first-order valence-electron chi connectivity index (χ1n) is 7.33. The molecule has 4 nitrogen and oxygen atoms in total. The minimum absolute atomic E-state index is 0.372. The molecule has 2 N–H and O–H groups in total. The first-order valence-corrected chi connectivity index (χ1v) is 8.14. The highest BCUT2D eigenvalue weighted by molar-refractivity contribution is 7.15. The Balaban J connectivity index is 1.96. The molecule has 1 saturated heterocycles. The van der Waals surface area contributed by atoms with E-state index in [0.29, 0.717) is 12.6 Å². The third-order valence-corrected chi connectivity index (χ3v) is 5.33. The molecule has 1 atom stereocenters. The fraction of sp³-hybridized carbons (Fsp3) is 0.438. The second-order valence-electron chi connectivity index (χ2n) is 5.66. The second-order valence-corrected chi connectivity index (χ2v) is 6.69. The van der Waals surface area contributed by atoms with E-state index in [1.54, 1.807) is 11.3 Å². The average Bonchev–Trinajstić information content (AvgIpc) is 2.94. The van der Waals surface area contributed by atoms with Gasteiger partial charge < -0.3 is 10.6 Å². The maximum absolute atomic E-state index is 5.91. The quantitative estimate of drug-likeness (QED) is 0.944. The van der Waals surface area contributed by atoms with Gasteiger partial charge in [-0.05, 0) is 19.7 Å². The molecule has 2 aromatic rings. The molecule has 0 spiro atoms. The van der Waals surface area contributed by atoms with Crippen molar-refractivity contribution in [2.24, 2.45) is 5.73 Å². The number of likely N-dealkylation sites (N-methyl/N-ethyl adjacent to an activating group) is 2. The molecule has 0 radical (unpaired) electrons. The van der Waals surface area contributed by atoms with Crippen LogP contribution in [0, 0.1) is 0 Å². The molecule has 0 saturated carbocycles. The standard InChI is InChI=1S/C16H22N4S/c1-19-8-9-20(2)14(11-19)16-18-13(10-17)15(21-16)12-6-4-3-5-7-12/h3-7,14H,8-11,17H2,1-2H3. The fourth-order valence-electron chi connectivity index (χ4n) is 2.74. The maximum atomic E-state index is 5.91. The molecule has 3 rings (SSSR count). The number of hydrogen-bond acceptors (Lipinski definition) is 5. The number of piperazine rings is 1. The van der Waals surface area contributed by atoms with E-state index in [-0.39, 0.29) is 0 Å². The number of hydrogen-bond donors (Lipinski definition) is 1. The summed E-state index contributed by atoms with van der Waals surface area (Å²) in [5.41, 5.74) is 8.15. The van der Waals surface area contributed by atoms with Gasteiger partial charge in [0.05, 0.1) is 16.6 Å². The Bertz CT molecular complexity index is 596. The van der Waals surface area contributed by atoms with Gasteiger partial charge in [-0.2, -0.15) is 0 Å². The van der Waals surface area contributed by atoms with Crippen molar-refractivity contribution in [1.29, 1.82) is 0 Å². The SMILES string of the molecule is CN1CCN(C)C(c2nc(CN)c(-c3ccccc3)s2)C1. The Hall–Kier alpha value is -1.27. The summed E-state index contributed by atoms with van der Waals surface area (Å²) in [6.45, 7) is 3.72. The lowest BCUT2D eigenvalue weighted by atomic mass is 10.1. The molecule has 2 heterocycles. The molecule has 1 unspecified atom stereocenters.